The van der Waals surface area contributed by atoms with E-state index in [2.05, 4.69) is 21.2 Å². The number of benzene rings is 3. The molecule has 10 nitrogen and oxygen atoms in total. The predicted octanol–water partition coefficient (Wildman–Crippen LogP) is 5.23. The third kappa shape index (κ3) is 6.25. The first-order valence-corrected chi connectivity index (χ1v) is 11.2. The van der Waals surface area contributed by atoms with Crippen LogP contribution < -0.4 is 14.8 Å². The molecule has 0 spiro atoms. The molecule has 0 aliphatic carbocycles. The highest BCUT2D eigenvalue weighted by Crippen LogP contribution is 2.38. The first-order valence-electron chi connectivity index (χ1n) is 10.4. The third-order valence-corrected chi connectivity index (χ3v) is 5.24. The van der Waals surface area contributed by atoms with Crippen LogP contribution in [0.3, 0.4) is 0 Å². The summed E-state index contributed by atoms with van der Waals surface area (Å²) >= 11 is 3.34. The van der Waals surface area contributed by atoms with Crippen LogP contribution in [0.1, 0.15) is 22.8 Å². The second kappa shape index (κ2) is 11.6. The fourth-order valence-electron chi connectivity index (χ4n) is 3.00. The van der Waals surface area contributed by atoms with Gasteiger partial charge in [0, 0.05) is 6.07 Å². The SMILES string of the molecule is CCOc1cc(/C=C(\C#N)C(=O)Nc2ccc([N+](=O)[O-])cc2O)cc(Br)c1OC(=O)c1ccccc1. The molecule has 0 unspecified atom stereocenters. The lowest BCUT2D eigenvalue weighted by Gasteiger charge is -2.14. The Balaban J connectivity index is 1.88. The van der Waals surface area contributed by atoms with Gasteiger partial charge in [0.05, 0.1) is 33.3 Å². The molecule has 3 rings (SSSR count). The molecule has 0 saturated carbocycles. The minimum atomic E-state index is -0.852. The molecule has 0 radical (unpaired) electrons. The Hall–Kier alpha value is -4.69. The van der Waals surface area contributed by atoms with Crippen LogP contribution in [0.15, 0.2) is 70.7 Å². The van der Waals surface area contributed by atoms with Crippen LogP contribution in [-0.2, 0) is 4.79 Å². The van der Waals surface area contributed by atoms with Gasteiger partial charge in [0.15, 0.2) is 11.5 Å². The molecule has 1 amide bonds. The van der Waals surface area contributed by atoms with Gasteiger partial charge in [0.25, 0.3) is 11.6 Å². The monoisotopic (exact) mass is 551 g/mol. The van der Waals surface area contributed by atoms with Crippen LogP contribution >= 0.6 is 15.9 Å². The van der Waals surface area contributed by atoms with Crippen molar-refractivity contribution in [3.63, 3.8) is 0 Å². The normalized spacial score (nSPS) is 10.8. The number of rotatable bonds is 8. The van der Waals surface area contributed by atoms with Gasteiger partial charge in [0.1, 0.15) is 17.4 Å². The zero-order valence-electron chi connectivity index (χ0n) is 18.7. The van der Waals surface area contributed by atoms with Crippen molar-refractivity contribution in [2.24, 2.45) is 0 Å². The Morgan fingerprint density at radius 3 is 2.53 bits per heavy atom. The molecule has 0 aromatic heterocycles. The molecule has 3 aromatic rings. The molecule has 0 atom stereocenters. The molecule has 3 aromatic carbocycles. The number of hydrogen-bond donors (Lipinski definition) is 2. The Morgan fingerprint density at radius 2 is 1.92 bits per heavy atom. The summed E-state index contributed by atoms with van der Waals surface area (Å²) in [5.41, 5.74) is -0.0663. The van der Waals surface area contributed by atoms with E-state index in [1.54, 1.807) is 43.3 Å². The third-order valence-electron chi connectivity index (χ3n) is 4.65. The number of amides is 1. The minimum Gasteiger partial charge on any atom is -0.506 e. The van der Waals surface area contributed by atoms with Crippen molar-refractivity contribution in [1.29, 1.82) is 5.26 Å². The lowest BCUT2D eigenvalue weighted by molar-refractivity contribution is -0.384. The Labute approximate surface area is 213 Å². The smallest absolute Gasteiger partial charge is 0.343 e. The number of carbonyl (C=O) groups is 2. The van der Waals surface area contributed by atoms with E-state index in [1.165, 1.54) is 18.2 Å². The van der Waals surface area contributed by atoms with Gasteiger partial charge in [-0.05, 0) is 64.8 Å². The van der Waals surface area contributed by atoms with Gasteiger partial charge in [-0.2, -0.15) is 5.26 Å². The van der Waals surface area contributed by atoms with Crippen molar-refractivity contribution in [3.05, 3.63) is 92.0 Å². The van der Waals surface area contributed by atoms with Crippen molar-refractivity contribution in [2.45, 2.75) is 6.92 Å². The van der Waals surface area contributed by atoms with Crippen LogP contribution in [0.2, 0.25) is 0 Å². The van der Waals surface area contributed by atoms with E-state index in [9.17, 15) is 30.1 Å². The fraction of sp³-hybridized carbons (Fsp3) is 0.0800. The summed E-state index contributed by atoms with van der Waals surface area (Å²) in [6, 6.07) is 16.3. The number of nitrogens with zero attached hydrogens (tertiary/aromatic N) is 2. The van der Waals surface area contributed by atoms with Crippen LogP contribution in [-0.4, -0.2) is 28.5 Å². The molecule has 11 heteroatoms. The number of phenols is 1. The van der Waals surface area contributed by atoms with E-state index in [0.29, 0.717) is 15.6 Å². The summed E-state index contributed by atoms with van der Waals surface area (Å²) in [6.07, 6.45) is 1.27. The van der Waals surface area contributed by atoms with Crippen molar-refractivity contribution < 1.29 is 29.1 Å². The largest absolute Gasteiger partial charge is 0.506 e. The van der Waals surface area contributed by atoms with E-state index < -0.39 is 22.5 Å². The molecule has 0 aliphatic rings. The van der Waals surface area contributed by atoms with Gasteiger partial charge in [-0.1, -0.05) is 18.2 Å². The van der Waals surface area contributed by atoms with Gasteiger partial charge in [0.2, 0.25) is 0 Å². The molecule has 0 bridgehead atoms. The molecule has 0 fully saturated rings. The Morgan fingerprint density at radius 1 is 1.19 bits per heavy atom. The minimum absolute atomic E-state index is 0.105. The lowest BCUT2D eigenvalue weighted by atomic mass is 10.1. The van der Waals surface area contributed by atoms with E-state index >= 15 is 0 Å². The van der Waals surface area contributed by atoms with Gasteiger partial charge in [-0.15, -0.1) is 0 Å². The molecule has 36 heavy (non-hydrogen) atoms. The molecule has 0 aliphatic heterocycles. The molecule has 0 saturated heterocycles. The summed E-state index contributed by atoms with van der Waals surface area (Å²) in [7, 11) is 0. The Kier molecular flexibility index (Phi) is 8.38. The summed E-state index contributed by atoms with van der Waals surface area (Å²) in [5.74, 6) is -1.65. The lowest BCUT2D eigenvalue weighted by Crippen LogP contribution is -2.13. The number of non-ortho nitro benzene ring substituents is 1. The van der Waals surface area contributed by atoms with Crippen molar-refractivity contribution in [1.82, 2.24) is 0 Å². The van der Waals surface area contributed by atoms with Gasteiger partial charge in [-0.25, -0.2) is 4.79 Å². The van der Waals surface area contributed by atoms with Gasteiger partial charge in [-0.3, -0.25) is 14.9 Å². The number of nitro benzene ring substituents is 1. The van der Waals surface area contributed by atoms with E-state index in [4.69, 9.17) is 9.47 Å². The second-order valence-corrected chi connectivity index (χ2v) is 7.96. The average Bonchev–Trinajstić information content (AvgIpc) is 2.86. The number of esters is 1. The first-order chi connectivity index (χ1) is 17.2. The van der Waals surface area contributed by atoms with Crippen molar-refractivity contribution >= 4 is 45.3 Å². The predicted molar refractivity (Wildman–Crippen MR) is 134 cm³/mol. The number of carbonyl (C=O) groups excluding carboxylic acids is 2. The molecular weight excluding hydrogens is 534 g/mol. The Bertz CT molecular complexity index is 1400. The summed E-state index contributed by atoms with van der Waals surface area (Å²) < 4.78 is 11.5. The number of hydrogen-bond acceptors (Lipinski definition) is 8. The summed E-state index contributed by atoms with van der Waals surface area (Å²) in [6.45, 7) is 1.99. The standard InChI is InChI=1S/C25H18BrN3O7/c1-2-35-22-12-15(11-19(26)23(22)36-25(32)16-6-4-3-5-7-16)10-17(14-27)24(31)28-20-9-8-18(29(33)34)13-21(20)30/h3-13,30H,2H2,1H3,(H,28,31)/b17-10+. The number of nitro groups is 1. The summed E-state index contributed by atoms with van der Waals surface area (Å²) in [4.78, 5) is 35.3. The number of phenolic OH excluding ortho intramolecular Hbond substituents is 1. The fourth-order valence-corrected chi connectivity index (χ4v) is 3.54. The molecule has 182 valence electrons. The van der Waals surface area contributed by atoms with Gasteiger partial charge < -0.3 is 19.9 Å². The van der Waals surface area contributed by atoms with Crippen LogP contribution in [0.25, 0.3) is 6.08 Å². The number of nitriles is 1. The maximum atomic E-state index is 12.6. The summed E-state index contributed by atoms with van der Waals surface area (Å²) in [5, 5.41) is 32.6. The van der Waals surface area contributed by atoms with Crippen LogP contribution in [0.5, 0.6) is 17.2 Å². The van der Waals surface area contributed by atoms with E-state index in [0.717, 1.165) is 18.2 Å². The highest BCUT2D eigenvalue weighted by Gasteiger charge is 2.19. The number of aromatic hydroxyl groups is 1. The van der Waals surface area contributed by atoms with E-state index in [-0.39, 0.29) is 35.1 Å². The second-order valence-electron chi connectivity index (χ2n) is 7.10. The maximum absolute atomic E-state index is 12.6. The number of anilines is 1. The zero-order valence-corrected chi connectivity index (χ0v) is 20.3. The number of halogens is 1. The highest BCUT2D eigenvalue weighted by atomic mass is 79.9. The average molecular weight is 552 g/mol. The molecular formula is C25H18BrN3O7. The highest BCUT2D eigenvalue weighted by molar-refractivity contribution is 9.10. The zero-order chi connectivity index (χ0) is 26.2. The van der Waals surface area contributed by atoms with Gasteiger partial charge >= 0.3 is 5.97 Å². The maximum Gasteiger partial charge on any atom is 0.343 e. The molecule has 2 N–H and O–H groups in total. The van der Waals surface area contributed by atoms with Crippen molar-refractivity contribution in [2.75, 3.05) is 11.9 Å². The van der Waals surface area contributed by atoms with Crippen molar-refractivity contribution in [3.8, 4) is 23.3 Å². The topological polar surface area (TPSA) is 152 Å². The van der Waals surface area contributed by atoms with Crippen LogP contribution in [0, 0.1) is 21.4 Å². The number of ether oxygens (including phenoxy) is 2. The van der Waals surface area contributed by atoms with Crippen LogP contribution in [0.4, 0.5) is 11.4 Å². The van der Waals surface area contributed by atoms with E-state index in [1.807, 2.05) is 0 Å². The first kappa shape index (κ1) is 25.9. The number of nitrogens with one attached hydrogen (secondary N) is 1. The quantitative estimate of drug-likeness (QED) is 0.0734. The molecule has 0 heterocycles.